The average Bonchev–Trinajstić information content (AvgIpc) is 2.90. The van der Waals surface area contributed by atoms with Gasteiger partial charge in [-0.2, -0.15) is 0 Å². The van der Waals surface area contributed by atoms with Crippen molar-refractivity contribution < 1.29 is 27.4 Å². The number of nitrogens with one attached hydrogen (secondary N) is 1. The SMILES string of the molecule is COc1cc(OC)c(OC)cc1CNC(=O)C[C@@H]1C=CS(=O)(=O)C1. The van der Waals surface area contributed by atoms with Crippen molar-refractivity contribution in [3.8, 4) is 17.2 Å². The van der Waals surface area contributed by atoms with E-state index in [1.807, 2.05) is 0 Å². The van der Waals surface area contributed by atoms with Gasteiger partial charge in [0.05, 0.1) is 27.1 Å². The number of carbonyl (C=O) groups excluding carboxylic acids is 1. The number of amides is 1. The third-order valence-electron chi connectivity index (χ3n) is 3.71. The minimum Gasteiger partial charge on any atom is -0.496 e. The molecule has 0 bridgehead atoms. The topological polar surface area (TPSA) is 90.9 Å². The first-order valence-electron chi connectivity index (χ1n) is 7.35. The Hall–Kier alpha value is -2.22. The number of ether oxygens (including phenoxy) is 3. The van der Waals surface area contributed by atoms with E-state index in [4.69, 9.17) is 14.2 Å². The zero-order chi connectivity index (χ0) is 17.7. The third kappa shape index (κ3) is 4.41. The Labute approximate surface area is 141 Å². The van der Waals surface area contributed by atoms with E-state index in [0.717, 1.165) is 5.56 Å². The van der Waals surface area contributed by atoms with Gasteiger partial charge in [0.1, 0.15) is 5.75 Å². The summed E-state index contributed by atoms with van der Waals surface area (Å²) >= 11 is 0. The van der Waals surface area contributed by atoms with Crippen LogP contribution in [0.25, 0.3) is 0 Å². The van der Waals surface area contributed by atoms with Gasteiger partial charge in [-0.05, 0) is 6.07 Å². The fourth-order valence-electron chi connectivity index (χ4n) is 2.50. The van der Waals surface area contributed by atoms with E-state index in [1.54, 1.807) is 18.2 Å². The van der Waals surface area contributed by atoms with Gasteiger partial charge < -0.3 is 19.5 Å². The van der Waals surface area contributed by atoms with Crippen LogP contribution in [-0.4, -0.2) is 41.4 Å². The lowest BCUT2D eigenvalue weighted by molar-refractivity contribution is -0.121. The van der Waals surface area contributed by atoms with Gasteiger partial charge in [0.25, 0.3) is 0 Å². The molecule has 7 nitrogen and oxygen atoms in total. The second-order valence-electron chi connectivity index (χ2n) is 5.42. The average molecular weight is 355 g/mol. The lowest BCUT2D eigenvalue weighted by Gasteiger charge is -2.15. The fourth-order valence-corrected chi connectivity index (χ4v) is 3.90. The summed E-state index contributed by atoms with van der Waals surface area (Å²) in [5.74, 6) is 1.12. The molecule has 0 unspecified atom stereocenters. The normalized spacial score (nSPS) is 18.2. The second-order valence-corrected chi connectivity index (χ2v) is 7.35. The minimum absolute atomic E-state index is 0.0138. The zero-order valence-electron chi connectivity index (χ0n) is 13.9. The fraction of sp³-hybridized carbons (Fsp3) is 0.438. The van der Waals surface area contributed by atoms with Crippen molar-refractivity contribution in [2.24, 2.45) is 5.92 Å². The van der Waals surface area contributed by atoms with Crippen molar-refractivity contribution in [1.29, 1.82) is 0 Å². The highest BCUT2D eigenvalue weighted by molar-refractivity contribution is 7.94. The maximum absolute atomic E-state index is 12.0. The second kappa shape index (κ2) is 7.57. The van der Waals surface area contributed by atoms with Gasteiger partial charge in [-0.1, -0.05) is 6.08 Å². The molecule has 0 spiro atoms. The predicted molar refractivity (Wildman–Crippen MR) is 89.0 cm³/mol. The number of methoxy groups -OCH3 is 3. The van der Waals surface area contributed by atoms with E-state index < -0.39 is 9.84 Å². The van der Waals surface area contributed by atoms with Crippen LogP contribution in [0.2, 0.25) is 0 Å². The molecule has 0 fully saturated rings. The van der Waals surface area contributed by atoms with E-state index in [1.165, 1.54) is 26.7 Å². The predicted octanol–water partition coefficient (Wildman–Crippen LogP) is 1.28. The highest BCUT2D eigenvalue weighted by atomic mass is 32.2. The summed E-state index contributed by atoms with van der Waals surface area (Å²) in [6.45, 7) is 0.242. The maximum atomic E-state index is 12.0. The number of hydrogen-bond donors (Lipinski definition) is 1. The number of carbonyl (C=O) groups is 1. The molecule has 1 N–H and O–H groups in total. The molecular weight excluding hydrogens is 334 g/mol. The molecule has 1 amide bonds. The van der Waals surface area contributed by atoms with Crippen LogP contribution in [-0.2, 0) is 21.2 Å². The lowest BCUT2D eigenvalue weighted by atomic mass is 10.1. The molecule has 0 aromatic heterocycles. The zero-order valence-corrected chi connectivity index (χ0v) is 14.7. The minimum atomic E-state index is -3.15. The molecule has 0 saturated heterocycles. The van der Waals surface area contributed by atoms with Gasteiger partial charge in [0.2, 0.25) is 5.91 Å². The van der Waals surface area contributed by atoms with Crippen molar-refractivity contribution in [3.63, 3.8) is 0 Å². The van der Waals surface area contributed by atoms with Crippen LogP contribution in [0.3, 0.4) is 0 Å². The van der Waals surface area contributed by atoms with Crippen LogP contribution in [0.1, 0.15) is 12.0 Å². The maximum Gasteiger partial charge on any atom is 0.220 e. The summed E-state index contributed by atoms with van der Waals surface area (Å²) in [5.41, 5.74) is 0.734. The largest absolute Gasteiger partial charge is 0.496 e. The van der Waals surface area contributed by atoms with Crippen molar-refractivity contribution in [2.45, 2.75) is 13.0 Å². The first-order chi connectivity index (χ1) is 11.4. The third-order valence-corrected chi connectivity index (χ3v) is 5.18. The molecule has 2 rings (SSSR count). The summed E-state index contributed by atoms with van der Waals surface area (Å²) in [4.78, 5) is 12.0. The molecule has 0 saturated carbocycles. The van der Waals surface area contributed by atoms with Crippen LogP contribution >= 0.6 is 0 Å². The monoisotopic (exact) mass is 355 g/mol. The highest BCUT2D eigenvalue weighted by Crippen LogP contribution is 2.34. The van der Waals surface area contributed by atoms with E-state index in [9.17, 15) is 13.2 Å². The summed E-state index contributed by atoms with van der Waals surface area (Å²) in [7, 11) is 1.44. The molecule has 132 valence electrons. The molecule has 1 aromatic carbocycles. The molecule has 0 radical (unpaired) electrons. The molecule has 8 heteroatoms. The first kappa shape index (κ1) is 18.1. The molecule has 24 heavy (non-hydrogen) atoms. The molecule has 1 atom stereocenters. The van der Waals surface area contributed by atoms with Crippen molar-refractivity contribution >= 4 is 15.7 Å². The van der Waals surface area contributed by atoms with Gasteiger partial charge >= 0.3 is 0 Å². The first-order valence-corrected chi connectivity index (χ1v) is 9.06. The molecule has 1 aromatic rings. The molecule has 1 heterocycles. The number of sulfone groups is 1. The Morgan fingerprint density at radius 2 is 1.75 bits per heavy atom. The van der Waals surface area contributed by atoms with Crippen LogP contribution in [0, 0.1) is 5.92 Å². The van der Waals surface area contributed by atoms with Crippen molar-refractivity contribution in [3.05, 3.63) is 29.2 Å². The highest BCUT2D eigenvalue weighted by Gasteiger charge is 2.24. The Kier molecular flexibility index (Phi) is 5.71. The van der Waals surface area contributed by atoms with Gasteiger partial charge in [-0.15, -0.1) is 0 Å². The number of rotatable bonds is 7. The quantitative estimate of drug-likeness (QED) is 0.792. The van der Waals surface area contributed by atoms with E-state index in [0.29, 0.717) is 17.2 Å². The van der Waals surface area contributed by atoms with Gasteiger partial charge in [-0.25, -0.2) is 8.42 Å². The van der Waals surface area contributed by atoms with Gasteiger partial charge in [-0.3, -0.25) is 4.79 Å². The van der Waals surface area contributed by atoms with Crippen molar-refractivity contribution in [1.82, 2.24) is 5.32 Å². The summed E-state index contributed by atoms with van der Waals surface area (Å²) in [5, 5.41) is 3.94. The van der Waals surface area contributed by atoms with E-state index >= 15 is 0 Å². The Morgan fingerprint density at radius 3 is 2.29 bits per heavy atom. The molecular formula is C16H21NO6S. The summed E-state index contributed by atoms with van der Waals surface area (Å²) in [6.07, 6.45) is 1.69. The molecule has 1 aliphatic heterocycles. The Balaban J connectivity index is 2.00. The molecule has 0 aliphatic carbocycles. The standard InChI is InChI=1S/C16H21NO6S/c1-21-13-8-15(23-3)14(22-2)7-12(13)9-17-16(18)6-11-4-5-24(19,20)10-11/h4-5,7-8,11H,6,9-10H2,1-3H3,(H,17,18)/t11-/m0/s1. The summed E-state index contributed by atoms with van der Waals surface area (Å²) in [6, 6.07) is 3.42. The lowest BCUT2D eigenvalue weighted by Crippen LogP contribution is -2.25. The van der Waals surface area contributed by atoms with Crippen LogP contribution in [0.15, 0.2) is 23.6 Å². The van der Waals surface area contributed by atoms with E-state index in [-0.39, 0.29) is 30.5 Å². The van der Waals surface area contributed by atoms with Crippen molar-refractivity contribution in [2.75, 3.05) is 27.1 Å². The van der Waals surface area contributed by atoms with Gasteiger partial charge in [0, 0.05) is 35.9 Å². The smallest absolute Gasteiger partial charge is 0.220 e. The number of hydrogen-bond acceptors (Lipinski definition) is 6. The summed E-state index contributed by atoms with van der Waals surface area (Å²) < 4.78 is 38.5. The van der Waals surface area contributed by atoms with E-state index in [2.05, 4.69) is 5.32 Å². The number of allylic oxidation sites excluding steroid dienone is 1. The van der Waals surface area contributed by atoms with Crippen LogP contribution in [0.4, 0.5) is 0 Å². The van der Waals surface area contributed by atoms with Crippen LogP contribution < -0.4 is 19.5 Å². The Bertz CT molecular complexity index is 741. The van der Waals surface area contributed by atoms with Crippen LogP contribution in [0.5, 0.6) is 17.2 Å². The van der Waals surface area contributed by atoms with Gasteiger partial charge in [0.15, 0.2) is 21.3 Å². The number of benzene rings is 1. The molecule has 1 aliphatic rings. The Morgan fingerprint density at radius 1 is 1.12 bits per heavy atom.